The Morgan fingerprint density at radius 2 is 1.78 bits per heavy atom. The van der Waals surface area contributed by atoms with Gasteiger partial charge in [0.25, 0.3) is 0 Å². The van der Waals surface area contributed by atoms with Crippen LogP contribution in [-0.4, -0.2) is 40.3 Å². The Morgan fingerprint density at radius 3 is 2.26 bits per heavy atom. The van der Waals surface area contributed by atoms with Crippen LogP contribution in [-0.2, 0) is 9.53 Å². The third kappa shape index (κ3) is 4.18. The van der Waals surface area contributed by atoms with E-state index in [4.69, 9.17) is 4.74 Å². The molecule has 1 heterocycles. The number of benzene rings is 1. The number of halogens is 2. The van der Waals surface area contributed by atoms with Crippen molar-refractivity contribution >= 4 is 12.1 Å². The van der Waals surface area contributed by atoms with Gasteiger partial charge in [-0.2, -0.15) is 0 Å². The molecule has 1 amide bonds. The summed E-state index contributed by atoms with van der Waals surface area (Å²) >= 11 is 0. The zero-order valence-corrected chi connectivity index (χ0v) is 13.2. The number of carbonyl (C=O) groups is 2. The van der Waals surface area contributed by atoms with Crippen molar-refractivity contribution in [2.24, 2.45) is 0 Å². The summed E-state index contributed by atoms with van der Waals surface area (Å²) in [6.45, 7) is 5.07. The SMILES string of the molecule is CC(C)(C)OC(=O)N1C[C@@H](c2cc(F)cc(F)c2)CC1C(=O)O. The number of carboxylic acids is 1. The first-order chi connectivity index (χ1) is 10.6. The fourth-order valence-corrected chi connectivity index (χ4v) is 2.64. The maximum atomic E-state index is 13.4. The molecule has 2 rings (SSSR count). The van der Waals surface area contributed by atoms with E-state index in [0.717, 1.165) is 23.1 Å². The van der Waals surface area contributed by atoms with Gasteiger partial charge in [0.15, 0.2) is 0 Å². The van der Waals surface area contributed by atoms with Crippen molar-refractivity contribution in [3.05, 3.63) is 35.4 Å². The lowest BCUT2D eigenvalue weighted by molar-refractivity contribution is -0.142. The Kier molecular flexibility index (Phi) is 4.58. The number of rotatable bonds is 2. The van der Waals surface area contributed by atoms with E-state index in [0.29, 0.717) is 5.56 Å². The van der Waals surface area contributed by atoms with Crippen molar-refractivity contribution in [1.82, 2.24) is 4.90 Å². The van der Waals surface area contributed by atoms with Gasteiger partial charge in [-0.25, -0.2) is 18.4 Å². The Morgan fingerprint density at radius 1 is 1.22 bits per heavy atom. The van der Waals surface area contributed by atoms with Crippen molar-refractivity contribution in [2.45, 2.75) is 44.8 Å². The van der Waals surface area contributed by atoms with Gasteiger partial charge in [-0.3, -0.25) is 4.90 Å². The molecule has 1 unspecified atom stereocenters. The molecule has 1 aliphatic heterocycles. The first kappa shape index (κ1) is 17.2. The summed E-state index contributed by atoms with van der Waals surface area (Å²) in [6.07, 6.45) is -0.665. The maximum absolute atomic E-state index is 13.4. The molecule has 2 atom stereocenters. The highest BCUT2D eigenvalue weighted by Crippen LogP contribution is 2.33. The smallest absolute Gasteiger partial charge is 0.411 e. The van der Waals surface area contributed by atoms with E-state index >= 15 is 0 Å². The molecular formula is C16H19F2NO4. The fourth-order valence-electron chi connectivity index (χ4n) is 2.64. The normalized spacial score (nSPS) is 21.3. The molecule has 0 saturated carbocycles. The van der Waals surface area contributed by atoms with Crippen LogP contribution in [0, 0.1) is 11.6 Å². The average molecular weight is 327 g/mol. The van der Waals surface area contributed by atoms with Gasteiger partial charge < -0.3 is 9.84 Å². The number of amides is 1. The van der Waals surface area contributed by atoms with E-state index in [1.54, 1.807) is 20.8 Å². The minimum Gasteiger partial charge on any atom is -0.480 e. The molecule has 1 N–H and O–H groups in total. The summed E-state index contributed by atoms with van der Waals surface area (Å²) in [5.74, 6) is -3.10. The number of nitrogens with zero attached hydrogens (tertiary/aromatic N) is 1. The average Bonchev–Trinajstić information content (AvgIpc) is 2.80. The van der Waals surface area contributed by atoms with E-state index in [-0.39, 0.29) is 13.0 Å². The second-order valence-corrected chi connectivity index (χ2v) is 6.62. The molecule has 1 saturated heterocycles. The quantitative estimate of drug-likeness (QED) is 0.906. The van der Waals surface area contributed by atoms with Gasteiger partial charge in [0.1, 0.15) is 23.3 Å². The van der Waals surface area contributed by atoms with Crippen LogP contribution in [0.25, 0.3) is 0 Å². The lowest BCUT2D eigenvalue weighted by atomic mass is 9.96. The maximum Gasteiger partial charge on any atom is 0.411 e. The molecule has 0 aromatic heterocycles. The number of carboxylic acid groups (broad SMARTS) is 1. The predicted molar refractivity (Wildman–Crippen MR) is 78.1 cm³/mol. The number of carbonyl (C=O) groups excluding carboxylic acids is 1. The summed E-state index contributed by atoms with van der Waals surface area (Å²) in [5.41, 5.74) is -0.428. The van der Waals surface area contributed by atoms with Crippen LogP contribution in [0.4, 0.5) is 13.6 Å². The zero-order chi connectivity index (χ0) is 17.4. The van der Waals surface area contributed by atoms with Crippen LogP contribution in [0.5, 0.6) is 0 Å². The summed E-state index contributed by atoms with van der Waals surface area (Å²) in [4.78, 5) is 24.7. The second kappa shape index (κ2) is 6.14. The van der Waals surface area contributed by atoms with Gasteiger partial charge in [0.05, 0.1) is 0 Å². The van der Waals surface area contributed by atoms with Gasteiger partial charge >= 0.3 is 12.1 Å². The van der Waals surface area contributed by atoms with Crippen LogP contribution in [0.3, 0.4) is 0 Å². The molecule has 0 bridgehead atoms. The fraction of sp³-hybridized carbons (Fsp3) is 0.500. The third-order valence-electron chi connectivity index (χ3n) is 3.57. The highest BCUT2D eigenvalue weighted by atomic mass is 19.1. The number of hydrogen-bond donors (Lipinski definition) is 1. The monoisotopic (exact) mass is 327 g/mol. The number of hydrogen-bond acceptors (Lipinski definition) is 3. The van der Waals surface area contributed by atoms with Crippen molar-refractivity contribution in [1.29, 1.82) is 0 Å². The molecule has 7 heteroatoms. The van der Waals surface area contributed by atoms with Crippen LogP contribution in [0.1, 0.15) is 38.7 Å². The standard InChI is InChI=1S/C16H19F2NO4/c1-16(2,3)23-15(22)19-8-10(6-13(19)14(20)21)9-4-11(17)7-12(18)5-9/h4-5,7,10,13H,6,8H2,1-3H3,(H,20,21)/t10-,13?/m0/s1. The summed E-state index contributed by atoms with van der Waals surface area (Å²) in [5, 5.41) is 9.31. The molecule has 126 valence electrons. The van der Waals surface area contributed by atoms with Gasteiger partial charge in [-0.1, -0.05) is 0 Å². The minimum absolute atomic E-state index is 0.0365. The van der Waals surface area contributed by atoms with Crippen molar-refractivity contribution in [3.8, 4) is 0 Å². The van der Waals surface area contributed by atoms with Gasteiger partial charge in [0, 0.05) is 18.5 Å². The molecule has 0 radical (unpaired) electrons. The lowest BCUT2D eigenvalue weighted by Crippen LogP contribution is -2.43. The van der Waals surface area contributed by atoms with Gasteiger partial charge in [0.2, 0.25) is 0 Å². The number of likely N-dealkylation sites (tertiary alicyclic amines) is 1. The Hall–Kier alpha value is -2.18. The summed E-state index contributed by atoms with van der Waals surface area (Å²) in [6, 6.07) is 1.98. The van der Waals surface area contributed by atoms with Crippen molar-refractivity contribution in [3.63, 3.8) is 0 Å². The van der Waals surface area contributed by atoms with E-state index in [9.17, 15) is 23.5 Å². The topological polar surface area (TPSA) is 66.8 Å². The molecule has 23 heavy (non-hydrogen) atoms. The molecule has 1 aromatic rings. The van der Waals surface area contributed by atoms with E-state index < -0.39 is 41.3 Å². The molecule has 5 nitrogen and oxygen atoms in total. The van der Waals surface area contributed by atoms with Gasteiger partial charge in [-0.05, 0) is 44.9 Å². The molecule has 1 aromatic carbocycles. The van der Waals surface area contributed by atoms with E-state index in [1.165, 1.54) is 0 Å². The van der Waals surface area contributed by atoms with Crippen LogP contribution < -0.4 is 0 Å². The van der Waals surface area contributed by atoms with Gasteiger partial charge in [-0.15, -0.1) is 0 Å². The predicted octanol–water partition coefficient (Wildman–Crippen LogP) is 3.14. The second-order valence-electron chi connectivity index (χ2n) is 6.62. The van der Waals surface area contributed by atoms with E-state index in [2.05, 4.69) is 0 Å². The zero-order valence-electron chi connectivity index (χ0n) is 13.2. The summed E-state index contributed by atoms with van der Waals surface area (Å²) < 4.78 is 31.9. The van der Waals surface area contributed by atoms with Crippen LogP contribution >= 0.6 is 0 Å². The molecule has 1 aliphatic rings. The highest BCUT2D eigenvalue weighted by molar-refractivity contribution is 5.81. The highest BCUT2D eigenvalue weighted by Gasteiger charge is 2.42. The van der Waals surface area contributed by atoms with Crippen LogP contribution in [0.15, 0.2) is 18.2 Å². The summed E-state index contributed by atoms with van der Waals surface area (Å²) in [7, 11) is 0. The Labute approximate surface area is 132 Å². The van der Waals surface area contributed by atoms with E-state index in [1.807, 2.05) is 0 Å². The molecule has 0 spiro atoms. The molecular weight excluding hydrogens is 308 g/mol. The molecule has 1 fully saturated rings. The third-order valence-corrected chi connectivity index (χ3v) is 3.57. The number of aliphatic carboxylic acids is 1. The van der Waals surface area contributed by atoms with Crippen molar-refractivity contribution < 1.29 is 28.2 Å². The van der Waals surface area contributed by atoms with Crippen molar-refractivity contribution in [2.75, 3.05) is 6.54 Å². The Bertz CT molecular complexity index is 607. The van der Waals surface area contributed by atoms with Crippen LogP contribution in [0.2, 0.25) is 0 Å². The first-order valence-corrected chi connectivity index (χ1v) is 7.25. The lowest BCUT2D eigenvalue weighted by Gasteiger charge is -2.26. The Balaban J connectivity index is 2.24. The minimum atomic E-state index is -1.17. The first-order valence-electron chi connectivity index (χ1n) is 7.25. The molecule has 0 aliphatic carbocycles. The largest absolute Gasteiger partial charge is 0.480 e. The number of ether oxygens (including phenoxy) is 1.